The Bertz CT molecular complexity index is 188. The van der Waals surface area contributed by atoms with Crippen molar-refractivity contribution >= 4 is 0 Å². The van der Waals surface area contributed by atoms with E-state index in [1.54, 1.807) is 0 Å². The summed E-state index contributed by atoms with van der Waals surface area (Å²) in [6.45, 7) is 4.09. The van der Waals surface area contributed by atoms with Gasteiger partial charge in [-0.05, 0) is 44.4 Å². The topological polar surface area (TPSA) is 38.0 Å². The van der Waals surface area contributed by atoms with Crippen molar-refractivity contribution in [3.05, 3.63) is 12.3 Å². The lowest BCUT2D eigenvalue weighted by Crippen LogP contribution is -2.37. The van der Waals surface area contributed by atoms with Crippen molar-refractivity contribution in [2.45, 2.75) is 50.6 Å². The Morgan fingerprint density at radius 3 is 2.23 bits per heavy atom. The van der Waals surface area contributed by atoms with E-state index >= 15 is 0 Å². The summed E-state index contributed by atoms with van der Waals surface area (Å²) < 4.78 is 0. The average Bonchev–Trinajstić information content (AvgIpc) is 2.91. The van der Waals surface area contributed by atoms with Crippen LogP contribution in [-0.2, 0) is 0 Å². The maximum absolute atomic E-state index is 5.85. The summed E-state index contributed by atoms with van der Waals surface area (Å²) in [6.07, 6.45) is 7.50. The summed E-state index contributed by atoms with van der Waals surface area (Å²) in [5.41, 5.74) is 7.13. The van der Waals surface area contributed by atoms with Gasteiger partial charge in [0.05, 0.1) is 0 Å². The second-order valence-corrected chi connectivity index (χ2v) is 4.56. The standard InChI is InChI=1S/C11H20N2/c1-8(9-2-3-9)13-11-6-4-10(12)5-7-11/h9-11,13H,1-7,12H2/t10-,11-. The molecule has 0 unspecified atom stereocenters. The third kappa shape index (κ3) is 2.47. The molecule has 74 valence electrons. The predicted molar refractivity (Wildman–Crippen MR) is 55.2 cm³/mol. The molecule has 3 N–H and O–H groups in total. The van der Waals surface area contributed by atoms with Crippen LogP contribution in [0.15, 0.2) is 12.3 Å². The molecule has 0 saturated heterocycles. The smallest absolute Gasteiger partial charge is 0.0259 e. The Morgan fingerprint density at radius 2 is 1.69 bits per heavy atom. The van der Waals surface area contributed by atoms with Crippen molar-refractivity contribution in [1.82, 2.24) is 5.32 Å². The molecule has 13 heavy (non-hydrogen) atoms. The van der Waals surface area contributed by atoms with E-state index in [1.807, 2.05) is 0 Å². The SMILES string of the molecule is C=C(N[C@H]1CC[C@H](N)CC1)C1CC1. The minimum Gasteiger partial charge on any atom is -0.386 e. The molecule has 2 aliphatic rings. The summed E-state index contributed by atoms with van der Waals surface area (Å²) >= 11 is 0. The number of nitrogens with one attached hydrogen (secondary N) is 1. The lowest BCUT2D eigenvalue weighted by molar-refractivity contribution is 0.357. The maximum Gasteiger partial charge on any atom is 0.0259 e. The first kappa shape index (κ1) is 9.07. The highest BCUT2D eigenvalue weighted by molar-refractivity contribution is 5.06. The number of rotatable bonds is 3. The van der Waals surface area contributed by atoms with Crippen LogP contribution < -0.4 is 11.1 Å². The Balaban J connectivity index is 1.72. The van der Waals surface area contributed by atoms with Gasteiger partial charge in [0, 0.05) is 17.8 Å². The van der Waals surface area contributed by atoms with Crippen molar-refractivity contribution in [3.63, 3.8) is 0 Å². The third-order valence-electron chi connectivity index (χ3n) is 3.23. The summed E-state index contributed by atoms with van der Waals surface area (Å²) in [4.78, 5) is 0. The highest BCUT2D eigenvalue weighted by atomic mass is 14.9. The highest BCUT2D eigenvalue weighted by Gasteiger charge is 2.27. The fraction of sp³-hybridized carbons (Fsp3) is 0.818. The largest absolute Gasteiger partial charge is 0.386 e. The van der Waals surface area contributed by atoms with E-state index in [0.29, 0.717) is 12.1 Å². The summed E-state index contributed by atoms with van der Waals surface area (Å²) in [5.74, 6) is 0.788. The van der Waals surface area contributed by atoms with Crippen LogP contribution in [0.4, 0.5) is 0 Å². The van der Waals surface area contributed by atoms with Crippen molar-refractivity contribution in [2.24, 2.45) is 11.7 Å². The zero-order valence-electron chi connectivity index (χ0n) is 8.26. The van der Waals surface area contributed by atoms with Crippen molar-refractivity contribution in [1.29, 1.82) is 0 Å². The van der Waals surface area contributed by atoms with Gasteiger partial charge >= 0.3 is 0 Å². The lowest BCUT2D eigenvalue weighted by atomic mass is 9.91. The third-order valence-corrected chi connectivity index (χ3v) is 3.23. The number of allylic oxidation sites excluding steroid dienone is 1. The first-order valence-electron chi connectivity index (χ1n) is 5.46. The van der Waals surface area contributed by atoms with Gasteiger partial charge in [0.1, 0.15) is 0 Å². The number of nitrogens with two attached hydrogens (primary N) is 1. The quantitative estimate of drug-likeness (QED) is 0.694. The van der Waals surface area contributed by atoms with E-state index < -0.39 is 0 Å². The van der Waals surface area contributed by atoms with Crippen LogP contribution in [0.2, 0.25) is 0 Å². The van der Waals surface area contributed by atoms with E-state index in [4.69, 9.17) is 5.73 Å². The first-order valence-corrected chi connectivity index (χ1v) is 5.46. The van der Waals surface area contributed by atoms with Crippen LogP contribution in [0.25, 0.3) is 0 Å². The van der Waals surface area contributed by atoms with Crippen molar-refractivity contribution in [2.75, 3.05) is 0 Å². The van der Waals surface area contributed by atoms with Crippen LogP contribution in [0.1, 0.15) is 38.5 Å². The molecule has 2 rings (SSSR count). The van der Waals surface area contributed by atoms with Crippen molar-refractivity contribution < 1.29 is 0 Å². The molecular formula is C11H20N2. The first-order chi connectivity index (χ1) is 6.25. The molecule has 0 heterocycles. The van der Waals surface area contributed by atoms with E-state index in [9.17, 15) is 0 Å². The average molecular weight is 180 g/mol. The molecule has 0 aromatic carbocycles. The van der Waals surface area contributed by atoms with Gasteiger partial charge in [-0.2, -0.15) is 0 Å². The molecule has 2 saturated carbocycles. The number of hydrogen-bond donors (Lipinski definition) is 2. The molecule has 2 nitrogen and oxygen atoms in total. The molecule has 0 amide bonds. The molecule has 2 aliphatic carbocycles. The minimum atomic E-state index is 0.451. The van der Waals surface area contributed by atoms with Gasteiger partial charge in [-0.25, -0.2) is 0 Å². The van der Waals surface area contributed by atoms with Gasteiger partial charge in [-0.15, -0.1) is 0 Å². The van der Waals surface area contributed by atoms with E-state index in [1.165, 1.54) is 44.2 Å². The predicted octanol–water partition coefficient (Wildman–Crippen LogP) is 1.77. The summed E-state index contributed by atoms with van der Waals surface area (Å²) in [6, 6.07) is 1.11. The molecule has 2 heteroatoms. The summed E-state index contributed by atoms with van der Waals surface area (Å²) in [7, 11) is 0. The van der Waals surface area contributed by atoms with Crippen LogP contribution in [0, 0.1) is 5.92 Å². The monoisotopic (exact) mass is 180 g/mol. The Kier molecular flexibility index (Phi) is 2.58. The molecule has 0 radical (unpaired) electrons. The molecule has 0 aliphatic heterocycles. The van der Waals surface area contributed by atoms with E-state index in [0.717, 1.165) is 5.92 Å². The Labute approximate surface area is 80.6 Å². The maximum atomic E-state index is 5.85. The normalized spacial score (nSPS) is 34.2. The zero-order chi connectivity index (χ0) is 9.26. The van der Waals surface area contributed by atoms with Gasteiger partial charge < -0.3 is 11.1 Å². The van der Waals surface area contributed by atoms with Gasteiger partial charge in [0.2, 0.25) is 0 Å². The van der Waals surface area contributed by atoms with Crippen molar-refractivity contribution in [3.8, 4) is 0 Å². The second-order valence-electron chi connectivity index (χ2n) is 4.56. The summed E-state index contributed by atoms with van der Waals surface area (Å²) in [5, 5.41) is 3.55. The molecule has 0 atom stereocenters. The van der Waals surface area contributed by atoms with Crippen LogP contribution >= 0.6 is 0 Å². The molecular weight excluding hydrogens is 160 g/mol. The Hall–Kier alpha value is -0.500. The minimum absolute atomic E-state index is 0.451. The fourth-order valence-electron chi connectivity index (χ4n) is 2.08. The van der Waals surface area contributed by atoms with E-state index in [-0.39, 0.29) is 0 Å². The van der Waals surface area contributed by atoms with Crippen LogP contribution in [0.5, 0.6) is 0 Å². The van der Waals surface area contributed by atoms with Crippen LogP contribution in [0.3, 0.4) is 0 Å². The number of hydrogen-bond acceptors (Lipinski definition) is 2. The van der Waals surface area contributed by atoms with Gasteiger partial charge in [-0.1, -0.05) is 6.58 Å². The molecule has 0 spiro atoms. The van der Waals surface area contributed by atoms with Gasteiger partial charge in [-0.3, -0.25) is 0 Å². The van der Waals surface area contributed by atoms with Crippen LogP contribution in [-0.4, -0.2) is 12.1 Å². The second kappa shape index (κ2) is 3.70. The Morgan fingerprint density at radius 1 is 1.08 bits per heavy atom. The lowest BCUT2D eigenvalue weighted by Gasteiger charge is -2.28. The van der Waals surface area contributed by atoms with Gasteiger partial charge in [0.25, 0.3) is 0 Å². The van der Waals surface area contributed by atoms with E-state index in [2.05, 4.69) is 11.9 Å². The van der Waals surface area contributed by atoms with Gasteiger partial charge in [0.15, 0.2) is 0 Å². The molecule has 0 bridgehead atoms. The fourth-order valence-corrected chi connectivity index (χ4v) is 2.08. The zero-order valence-corrected chi connectivity index (χ0v) is 8.26. The molecule has 0 aromatic rings. The highest BCUT2D eigenvalue weighted by Crippen LogP contribution is 2.34. The molecule has 0 aromatic heterocycles. The molecule has 2 fully saturated rings.